The smallest absolute Gasteiger partial charge is 0.181 e. The Kier molecular flexibility index (Phi) is 4.97. The van der Waals surface area contributed by atoms with Crippen molar-refractivity contribution in [3.05, 3.63) is 23.3 Å². The zero-order valence-electron chi connectivity index (χ0n) is 24.4. The molecular formula is C31H45N5O2. The number of hydrogen-bond acceptors (Lipinski definition) is 6. The maximum atomic E-state index is 14.6. The van der Waals surface area contributed by atoms with E-state index in [0.29, 0.717) is 35.9 Å². The second-order valence-electron chi connectivity index (χ2n) is 15.8. The third kappa shape index (κ3) is 3.05. The zero-order valence-corrected chi connectivity index (χ0v) is 24.4. The SMILES string of the molecule is Cn1nnc(C23CCC4C(C(=O)CC5C4(C)CCC4C(C)(C)c6oncc6CC45C)C2CC(C)(C)CC3)n1. The van der Waals surface area contributed by atoms with Crippen molar-refractivity contribution in [1.29, 1.82) is 0 Å². The Morgan fingerprint density at radius 1 is 0.947 bits per heavy atom. The first-order valence-corrected chi connectivity index (χ1v) is 15.0. The van der Waals surface area contributed by atoms with Gasteiger partial charge in [0.2, 0.25) is 0 Å². The van der Waals surface area contributed by atoms with Crippen molar-refractivity contribution in [3.8, 4) is 0 Å². The average Bonchev–Trinajstić information content (AvgIpc) is 3.49. The van der Waals surface area contributed by atoms with E-state index in [1.54, 1.807) is 4.80 Å². The van der Waals surface area contributed by atoms with Gasteiger partial charge in [0.15, 0.2) is 5.82 Å². The van der Waals surface area contributed by atoms with E-state index in [4.69, 9.17) is 9.62 Å². The first-order valence-electron chi connectivity index (χ1n) is 15.0. The molecule has 0 radical (unpaired) electrons. The molecule has 7 heteroatoms. The summed E-state index contributed by atoms with van der Waals surface area (Å²) in [6, 6.07) is 0. The van der Waals surface area contributed by atoms with Crippen LogP contribution in [0.4, 0.5) is 0 Å². The standard InChI is InChI=1S/C31H45N5O2/c1-27(2)12-13-31(26-33-35-36(7)34-26)11-8-19-24(20(31)16-27)21(37)14-23-29(19,5)10-9-22-28(3,4)25-18(17-32-38-25)15-30(22,23)6/h17,19-20,22-24H,8-16H2,1-7H3. The Hall–Kier alpha value is -2.05. The highest BCUT2D eigenvalue weighted by Crippen LogP contribution is 2.72. The van der Waals surface area contributed by atoms with Gasteiger partial charge in [0, 0.05) is 28.7 Å². The van der Waals surface area contributed by atoms with E-state index in [-0.39, 0.29) is 33.0 Å². The second-order valence-corrected chi connectivity index (χ2v) is 15.8. The molecule has 0 bridgehead atoms. The summed E-state index contributed by atoms with van der Waals surface area (Å²) < 4.78 is 5.83. The van der Waals surface area contributed by atoms with Gasteiger partial charge in [0.05, 0.1) is 13.2 Å². The number of ketones is 1. The van der Waals surface area contributed by atoms with Gasteiger partial charge in [-0.05, 0) is 96.5 Å². The minimum atomic E-state index is -0.116. The summed E-state index contributed by atoms with van der Waals surface area (Å²) in [6.07, 6.45) is 11.5. The largest absolute Gasteiger partial charge is 0.361 e. The molecule has 7 rings (SSSR count). The number of aryl methyl sites for hydroxylation is 1. The first-order chi connectivity index (χ1) is 17.8. The molecule has 0 amide bonds. The van der Waals surface area contributed by atoms with Gasteiger partial charge in [-0.3, -0.25) is 4.79 Å². The fraction of sp³-hybridized carbons (Fsp3) is 0.839. The van der Waals surface area contributed by atoms with Crippen molar-refractivity contribution in [2.75, 3.05) is 0 Å². The first kappa shape index (κ1) is 25.0. The van der Waals surface area contributed by atoms with E-state index in [9.17, 15) is 4.79 Å². The molecule has 5 aliphatic rings. The molecule has 2 heterocycles. The van der Waals surface area contributed by atoms with Crippen LogP contribution >= 0.6 is 0 Å². The summed E-state index contributed by atoms with van der Waals surface area (Å²) in [5, 5.41) is 17.9. The molecule has 0 aromatic carbocycles. The fourth-order valence-electron chi connectivity index (χ4n) is 11.5. The van der Waals surface area contributed by atoms with Crippen LogP contribution in [-0.2, 0) is 29.1 Å². The molecular weight excluding hydrogens is 474 g/mol. The van der Waals surface area contributed by atoms with Crippen LogP contribution < -0.4 is 0 Å². The maximum Gasteiger partial charge on any atom is 0.181 e. The molecule has 4 fully saturated rings. The minimum Gasteiger partial charge on any atom is -0.361 e. The van der Waals surface area contributed by atoms with Crippen LogP contribution in [0, 0.1) is 45.8 Å². The summed E-state index contributed by atoms with van der Waals surface area (Å²) in [5.74, 6) is 4.22. The molecule has 0 saturated heterocycles. The summed E-state index contributed by atoms with van der Waals surface area (Å²) in [7, 11) is 1.86. The van der Waals surface area contributed by atoms with Crippen LogP contribution in [0.2, 0.25) is 0 Å². The fourth-order valence-corrected chi connectivity index (χ4v) is 11.5. The highest BCUT2D eigenvalue weighted by Gasteiger charge is 2.69. The monoisotopic (exact) mass is 519 g/mol. The van der Waals surface area contributed by atoms with Gasteiger partial charge < -0.3 is 4.52 Å². The molecule has 0 spiro atoms. The molecule has 4 saturated carbocycles. The van der Waals surface area contributed by atoms with E-state index < -0.39 is 0 Å². The Morgan fingerprint density at radius 3 is 2.47 bits per heavy atom. The summed E-state index contributed by atoms with van der Waals surface area (Å²) >= 11 is 0. The summed E-state index contributed by atoms with van der Waals surface area (Å²) in [4.78, 5) is 16.2. The number of carbonyl (C=O) groups excluding carboxylic acids is 1. The van der Waals surface area contributed by atoms with E-state index in [2.05, 4.69) is 57.0 Å². The van der Waals surface area contributed by atoms with Crippen molar-refractivity contribution in [2.24, 2.45) is 52.9 Å². The molecule has 2 aromatic rings. The molecule has 0 aliphatic heterocycles. The van der Waals surface area contributed by atoms with E-state index >= 15 is 0 Å². The van der Waals surface area contributed by atoms with Crippen molar-refractivity contribution in [3.63, 3.8) is 0 Å². The van der Waals surface area contributed by atoms with Crippen LogP contribution in [0.1, 0.15) is 110 Å². The van der Waals surface area contributed by atoms with Crippen molar-refractivity contribution < 1.29 is 9.32 Å². The number of rotatable bonds is 1. The Morgan fingerprint density at radius 2 is 1.74 bits per heavy atom. The van der Waals surface area contributed by atoms with Gasteiger partial charge in [-0.1, -0.05) is 46.7 Å². The lowest BCUT2D eigenvalue weighted by Crippen LogP contribution is -2.66. The Bertz CT molecular complexity index is 1290. The van der Waals surface area contributed by atoms with Crippen LogP contribution in [0.5, 0.6) is 0 Å². The quantitative estimate of drug-likeness (QED) is 0.471. The zero-order chi connectivity index (χ0) is 26.9. The van der Waals surface area contributed by atoms with E-state index in [1.807, 2.05) is 13.2 Å². The van der Waals surface area contributed by atoms with Crippen LogP contribution in [-0.4, -0.2) is 31.1 Å². The summed E-state index contributed by atoms with van der Waals surface area (Å²) in [5.41, 5.74) is 1.55. The predicted molar refractivity (Wildman–Crippen MR) is 143 cm³/mol. The van der Waals surface area contributed by atoms with Crippen LogP contribution in [0.3, 0.4) is 0 Å². The molecule has 8 unspecified atom stereocenters. The van der Waals surface area contributed by atoms with Gasteiger partial charge in [-0.2, -0.15) is 4.80 Å². The van der Waals surface area contributed by atoms with E-state index in [0.717, 1.165) is 50.1 Å². The van der Waals surface area contributed by atoms with Crippen LogP contribution in [0.15, 0.2) is 10.7 Å². The normalized spacial score (nSPS) is 44.8. The highest BCUT2D eigenvalue weighted by atomic mass is 16.5. The summed E-state index contributed by atoms with van der Waals surface area (Å²) in [6.45, 7) is 14.6. The molecule has 5 aliphatic carbocycles. The maximum absolute atomic E-state index is 14.6. The predicted octanol–water partition coefficient (Wildman–Crippen LogP) is 5.83. The van der Waals surface area contributed by atoms with Gasteiger partial charge in [-0.25, -0.2) is 0 Å². The van der Waals surface area contributed by atoms with Crippen molar-refractivity contribution in [1.82, 2.24) is 25.4 Å². The average molecular weight is 520 g/mol. The van der Waals surface area contributed by atoms with Crippen molar-refractivity contribution >= 4 is 5.78 Å². The minimum absolute atomic E-state index is 0.0627. The number of hydrogen-bond donors (Lipinski definition) is 0. The molecule has 206 valence electrons. The topological polar surface area (TPSA) is 86.7 Å². The van der Waals surface area contributed by atoms with Crippen molar-refractivity contribution in [2.45, 2.75) is 110 Å². The number of nitrogens with zero attached hydrogens (tertiary/aromatic N) is 5. The molecule has 0 N–H and O–H groups in total. The van der Waals surface area contributed by atoms with Gasteiger partial charge in [-0.15, -0.1) is 10.2 Å². The molecule has 38 heavy (non-hydrogen) atoms. The highest BCUT2D eigenvalue weighted by molar-refractivity contribution is 5.84. The molecule has 2 aromatic heterocycles. The second kappa shape index (κ2) is 7.57. The number of tetrazole rings is 1. The van der Waals surface area contributed by atoms with E-state index in [1.165, 1.54) is 18.4 Å². The number of carbonyl (C=O) groups is 1. The lowest BCUT2D eigenvalue weighted by atomic mass is 9.35. The number of Topliss-reactive ketones (excluding diaryl/α,β-unsaturated/α-hetero) is 1. The number of fused-ring (bicyclic) bond motifs is 8. The third-order valence-corrected chi connectivity index (χ3v) is 13.1. The lowest BCUT2D eigenvalue weighted by Gasteiger charge is -2.68. The van der Waals surface area contributed by atoms with Gasteiger partial charge in [0.1, 0.15) is 11.5 Å². The van der Waals surface area contributed by atoms with Gasteiger partial charge in [0.25, 0.3) is 0 Å². The van der Waals surface area contributed by atoms with Crippen LogP contribution in [0.25, 0.3) is 0 Å². The molecule has 8 atom stereocenters. The molecule has 7 nitrogen and oxygen atoms in total. The Balaban J connectivity index is 1.31. The number of aromatic nitrogens is 5. The lowest BCUT2D eigenvalue weighted by molar-refractivity contribution is -0.188. The van der Waals surface area contributed by atoms with Gasteiger partial charge >= 0.3 is 0 Å². The third-order valence-electron chi connectivity index (χ3n) is 13.1. The Labute approximate surface area is 226 Å².